The Balaban J connectivity index is 0.000000184. The van der Waals surface area contributed by atoms with Gasteiger partial charge in [-0.25, -0.2) is 34.7 Å². The SMILES string of the molecule is C[C@@H]1COCCN1c1cc(C2CCN(C(=O)OC(C)(C)C)CC2)nc(-c2ccnc3[nH]ccc23)n1.C[C@@H]1COCCN1c1cc(C2CCNCC2)nc(-c2ccnc3[nH]ccc23)n1.O=CC(F)(F)F.[2H]CC. The summed E-state index contributed by atoms with van der Waals surface area (Å²) < 4.78 is 54.3. The predicted octanol–water partition coefficient (Wildman–Crippen LogP) is 8.85. The lowest BCUT2D eigenvalue weighted by atomic mass is 9.93. The summed E-state index contributed by atoms with van der Waals surface area (Å²) in [5.41, 5.74) is 5.37. The van der Waals surface area contributed by atoms with Gasteiger partial charge in [0.05, 0.1) is 38.5 Å². The number of hydrogen-bond acceptors (Lipinski definition) is 14. The molecule has 20 heteroatoms. The highest BCUT2D eigenvalue weighted by Gasteiger charge is 2.31. The Labute approximate surface area is 414 Å². The van der Waals surface area contributed by atoms with Crippen LogP contribution in [-0.4, -0.2) is 147 Å². The van der Waals surface area contributed by atoms with E-state index in [1.165, 1.54) is 0 Å². The number of piperidine rings is 2. The number of likely N-dealkylation sites (tertiary alicyclic amines) is 1. The van der Waals surface area contributed by atoms with Gasteiger partial charge in [0, 0.05) is 110 Å². The van der Waals surface area contributed by atoms with Gasteiger partial charge in [0.25, 0.3) is 0 Å². The zero-order chi connectivity index (χ0) is 51.4. The van der Waals surface area contributed by atoms with Crippen LogP contribution >= 0.6 is 0 Å². The number of carbonyl (C=O) groups excluding carboxylic acids is 2. The van der Waals surface area contributed by atoms with Crippen molar-refractivity contribution in [3.05, 3.63) is 72.6 Å². The fourth-order valence-corrected chi connectivity index (χ4v) is 9.11. The van der Waals surface area contributed by atoms with Crippen molar-refractivity contribution in [3.8, 4) is 22.8 Å². The van der Waals surface area contributed by atoms with Crippen molar-refractivity contribution in [2.75, 3.05) is 75.5 Å². The van der Waals surface area contributed by atoms with Crippen molar-refractivity contribution in [1.29, 1.82) is 0 Å². The second-order valence-electron chi connectivity index (χ2n) is 18.8. The van der Waals surface area contributed by atoms with Gasteiger partial charge in [-0.1, -0.05) is 13.8 Å². The number of amides is 1. The standard InChI is InChI=1S/C26H34N6O3.C21H26N6O.C2HF3O.C2H6/c1-17-16-34-14-13-32(17)22-15-21(18-7-11-31(12-8-18)25(33)35-26(2,3)4)29-24(30-22)20-6-10-28-23-19(20)5-9-27-23;1-14-13-28-11-10-27(14)19-12-18(15-2-6-22-7-3-15)25-21(26-19)17-5-9-24-20-16(17)4-8-23-20;3-2(4,5)1-6;1-2/h5-6,9-10,15,17-18H,7-8,11-14,16H2,1-4H3,(H,27,28);4-5,8-9,12,14-15,22H,2-3,6-7,10-11,13H2,1H3,(H,23,24);1H;1-2H3/t17-;14-;;/m11../s1/i;;;1D. The van der Waals surface area contributed by atoms with E-state index in [-0.39, 0.29) is 18.1 Å². The van der Waals surface area contributed by atoms with Crippen molar-refractivity contribution < 1.29 is 38.3 Å². The molecule has 0 unspecified atom stereocenters. The van der Waals surface area contributed by atoms with Crippen molar-refractivity contribution in [2.24, 2.45) is 0 Å². The maximum Gasteiger partial charge on any atom is 0.446 e. The molecular formula is C51H67F3N12O5. The summed E-state index contributed by atoms with van der Waals surface area (Å²) in [4.78, 5) is 63.1. The lowest BCUT2D eigenvalue weighted by Gasteiger charge is -2.36. The third-order valence-corrected chi connectivity index (χ3v) is 12.6. The number of H-pyrrole nitrogens is 2. The summed E-state index contributed by atoms with van der Waals surface area (Å²) in [7, 11) is 0. The molecule has 6 aromatic rings. The summed E-state index contributed by atoms with van der Waals surface area (Å²) in [6.07, 6.45) is 5.39. The number of alkyl halides is 3. The molecule has 10 heterocycles. The smallest absolute Gasteiger partial charge is 0.444 e. The summed E-state index contributed by atoms with van der Waals surface area (Å²) in [5.74, 6) is 4.15. The van der Waals surface area contributed by atoms with Crippen molar-refractivity contribution in [3.63, 3.8) is 0 Å². The van der Waals surface area contributed by atoms with Gasteiger partial charge < -0.3 is 44.2 Å². The van der Waals surface area contributed by atoms with E-state index >= 15 is 0 Å². The number of morpholine rings is 2. The van der Waals surface area contributed by atoms with E-state index in [0.29, 0.717) is 51.0 Å². The van der Waals surface area contributed by atoms with Gasteiger partial charge in [0.15, 0.2) is 11.6 Å². The molecular weight excluding hydrogens is 918 g/mol. The van der Waals surface area contributed by atoms with Gasteiger partial charge in [-0.2, -0.15) is 13.2 Å². The number of aldehydes is 1. The van der Waals surface area contributed by atoms with Crippen LogP contribution < -0.4 is 15.1 Å². The number of ether oxygens (including phenoxy) is 3. The summed E-state index contributed by atoms with van der Waals surface area (Å²) in [6.45, 7) is 20.2. The largest absolute Gasteiger partial charge is 0.446 e. The quantitative estimate of drug-likeness (QED) is 0.134. The minimum atomic E-state index is -4.64. The van der Waals surface area contributed by atoms with E-state index in [4.69, 9.17) is 40.3 Å². The molecule has 4 fully saturated rings. The molecule has 0 aliphatic carbocycles. The Morgan fingerprint density at radius 3 is 1.62 bits per heavy atom. The zero-order valence-corrected chi connectivity index (χ0v) is 41.5. The molecule has 10 rings (SSSR count). The number of anilines is 2. The minimum absolute atomic E-state index is 0.234. The second kappa shape index (κ2) is 23.8. The van der Waals surface area contributed by atoms with Crippen molar-refractivity contribution in [1.82, 2.24) is 50.1 Å². The van der Waals surface area contributed by atoms with E-state index in [1.54, 1.807) is 18.0 Å². The second-order valence-corrected chi connectivity index (χ2v) is 18.8. The third kappa shape index (κ3) is 13.6. The Morgan fingerprint density at radius 1 is 0.746 bits per heavy atom. The molecule has 3 N–H and O–H groups in total. The number of aromatic amines is 2. The molecule has 71 heavy (non-hydrogen) atoms. The Hall–Kier alpha value is -6.25. The van der Waals surface area contributed by atoms with E-state index in [1.807, 2.05) is 57.6 Å². The average Bonchev–Trinajstić information content (AvgIpc) is 4.08. The van der Waals surface area contributed by atoms with Crippen LogP contribution in [0.15, 0.2) is 61.2 Å². The predicted molar refractivity (Wildman–Crippen MR) is 268 cm³/mol. The number of halogens is 3. The summed E-state index contributed by atoms with van der Waals surface area (Å²) in [6, 6.07) is 12.9. The van der Waals surface area contributed by atoms with E-state index in [2.05, 4.69) is 67.1 Å². The maximum absolute atomic E-state index is 12.5. The highest BCUT2D eigenvalue weighted by molar-refractivity contribution is 5.92. The molecule has 0 spiro atoms. The molecule has 4 saturated heterocycles. The van der Waals surface area contributed by atoms with Crippen molar-refractivity contribution >= 4 is 46.1 Å². The normalized spacial score (nSPS) is 19.4. The number of fused-ring (bicyclic) bond motifs is 2. The Bertz CT molecular complexity index is 2700. The molecule has 17 nitrogen and oxygen atoms in total. The third-order valence-electron chi connectivity index (χ3n) is 12.6. The van der Waals surface area contributed by atoms with E-state index in [0.717, 1.165) is 127 Å². The fourth-order valence-electron chi connectivity index (χ4n) is 9.11. The first-order valence-corrected chi connectivity index (χ1v) is 24.4. The van der Waals surface area contributed by atoms with E-state index < -0.39 is 18.1 Å². The van der Waals surface area contributed by atoms with Gasteiger partial charge in [0.1, 0.15) is 28.5 Å². The van der Waals surface area contributed by atoms with Gasteiger partial charge in [-0.15, -0.1) is 0 Å². The van der Waals surface area contributed by atoms with Gasteiger partial charge >= 0.3 is 12.3 Å². The zero-order valence-electron chi connectivity index (χ0n) is 42.5. The van der Waals surface area contributed by atoms with Crippen LogP contribution in [-0.2, 0) is 19.0 Å². The Morgan fingerprint density at radius 2 is 1.20 bits per heavy atom. The number of rotatable bonds is 6. The first-order chi connectivity index (χ1) is 34.5. The number of hydrogen-bond donors (Lipinski definition) is 3. The summed E-state index contributed by atoms with van der Waals surface area (Å²) in [5, 5.41) is 5.52. The first-order valence-electron chi connectivity index (χ1n) is 25.1. The molecule has 2 atom stereocenters. The van der Waals surface area contributed by atoms with Crippen LogP contribution in [0.3, 0.4) is 0 Å². The molecule has 382 valence electrons. The van der Waals surface area contributed by atoms with Crippen LogP contribution in [0.4, 0.5) is 29.6 Å². The Kier molecular flexibility index (Phi) is 17.1. The topological polar surface area (TPSA) is 192 Å². The highest BCUT2D eigenvalue weighted by Crippen LogP contribution is 2.35. The van der Waals surface area contributed by atoms with Gasteiger partial charge in [-0.05, 0) is 97.7 Å². The molecule has 4 aliphatic rings. The highest BCUT2D eigenvalue weighted by atomic mass is 19.4. The van der Waals surface area contributed by atoms with Gasteiger partial charge in [0.2, 0.25) is 6.29 Å². The van der Waals surface area contributed by atoms with Crippen LogP contribution in [0.1, 0.15) is 98.7 Å². The molecule has 6 aromatic heterocycles. The maximum atomic E-state index is 12.5. The monoisotopic (exact) mass is 986 g/mol. The lowest BCUT2D eigenvalue weighted by Crippen LogP contribution is -2.44. The number of aromatic nitrogens is 8. The molecule has 0 saturated carbocycles. The number of pyridine rings is 2. The van der Waals surface area contributed by atoms with Crippen LogP contribution in [0.25, 0.3) is 44.8 Å². The molecule has 4 aliphatic heterocycles. The lowest BCUT2D eigenvalue weighted by molar-refractivity contribution is -0.156. The minimum Gasteiger partial charge on any atom is -0.444 e. The van der Waals surface area contributed by atoms with Crippen LogP contribution in [0, 0.1) is 0 Å². The summed E-state index contributed by atoms with van der Waals surface area (Å²) >= 11 is 0. The van der Waals surface area contributed by atoms with Crippen LogP contribution in [0.5, 0.6) is 0 Å². The first kappa shape index (κ1) is 51.1. The van der Waals surface area contributed by atoms with Crippen molar-refractivity contribution in [2.45, 2.75) is 110 Å². The number of nitrogens with zero attached hydrogens (tertiary/aromatic N) is 9. The number of nitrogens with one attached hydrogen (secondary N) is 3. The van der Waals surface area contributed by atoms with E-state index in [9.17, 15) is 18.0 Å². The van der Waals surface area contributed by atoms with Gasteiger partial charge in [-0.3, -0.25) is 4.79 Å². The molecule has 0 aromatic carbocycles. The molecule has 1 amide bonds. The molecule has 0 bridgehead atoms. The van der Waals surface area contributed by atoms with Crippen LogP contribution in [0.2, 0.25) is 0 Å². The number of carbonyl (C=O) groups is 2. The average molecular weight is 986 g/mol. The fraction of sp³-hybridized carbons (Fsp3) is 0.529. The molecule has 0 radical (unpaired) electrons.